The number of aldehydes is 1. The Balaban J connectivity index is 1.16. The first-order chi connectivity index (χ1) is 20.8. The van der Waals surface area contributed by atoms with Crippen LogP contribution in [0.15, 0.2) is 71.1 Å². The smallest absolute Gasteiger partial charge is 0.423 e. The molecule has 5 rings (SSSR count). The van der Waals surface area contributed by atoms with E-state index in [1.54, 1.807) is 6.07 Å². The fourth-order valence-corrected chi connectivity index (χ4v) is 4.86. The molecule has 0 radical (unpaired) electrons. The number of carbonyl (C=O) groups is 1. The zero-order valence-corrected chi connectivity index (χ0v) is 22.7. The lowest BCUT2D eigenvalue weighted by atomic mass is 10.1. The minimum atomic E-state index is -4.91. The first-order valence-electron chi connectivity index (χ1n) is 13.2. The van der Waals surface area contributed by atoms with Crippen LogP contribution in [0, 0.1) is 10.1 Å². The molecule has 1 N–H and O–H groups in total. The molecule has 0 spiro atoms. The molecule has 1 fully saturated rings. The van der Waals surface area contributed by atoms with Crippen molar-refractivity contribution in [3.63, 3.8) is 0 Å². The van der Waals surface area contributed by atoms with Crippen LogP contribution in [0.4, 0.5) is 43.4 Å². The molecule has 0 aliphatic carbocycles. The van der Waals surface area contributed by atoms with Crippen LogP contribution >= 0.6 is 0 Å². The maximum Gasteiger partial charge on any atom is 0.423 e. The van der Waals surface area contributed by atoms with E-state index in [9.17, 15) is 41.3 Å². The molecule has 1 saturated heterocycles. The highest BCUT2D eigenvalue weighted by atomic mass is 19.4. The number of nitrogens with one attached hydrogen (secondary N) is 1. The Morgan fingerprint density at radius 2 is 1.59 bits per heavy atom. The van der Waals surface area contributed by atoms with Crippen molar-refractivity contribution in [2.45, 2.75) is 25.1 Å². The second kappa shape index (κ2) is 12.2. The number of nitro benzene ring substituents is 1. The van der Waals surface area contributed by atoms with E-state index in [2.05, 4.69) is 5.32 Å². The Morgan fingerprint density at radius 3 is 2.20 bits per heavy atom. The Labute approximate surface area is 245 Å². The quantitative estimate of drug-likeness (QED) is 0.0937. The summed E-state index contributed by atoms with van der Waals surface area (Å²) < 4.78 is 90.4. The predicted molar refractivity (Wildman–Crippen MR) is 146 cm³/mol. The largest absolute Gasteiger partial charge is 0.468 e. The highest BCUT2D eigenvalue weighted by Crippen LogP contribution is 2.38. The normalized spacial score (nSPS) is 15.7. The van der Waals surface area contributed by atoms with E-state index in [1.165, 1.54) is 30.3 Å². The molecule has 232 valence electrons. The number of nitro groups is 1. The lowest BCUT2D eigenvalue weighted by Gasteiger charge is -2.36. The fourth-order valence-electron chi connectivity index (χ4n) is 4.86. The SMILES string of the molecule is O=CC(Oc1ccc(Nc2ccc([N+](=O)[O-])c(C(F)(F)F)c2)cc1)N1CCN(Cc2cc3cc(C(F)(F)F)ccc3o2)CC1. The second-order valence-corrected chi connectivity index (χ2v) is 10.1. The van der Waals surface area contributed by atoms with Crippen molar-refractivity contribution in [2.24, 2.45) is 0 Å². The van der Waals surface area contributed by atoms with E-state index < -0.39 is 40.3 Å². The molecule has 0 amide bonds. The number of nitrogens with zero attached hydrogens (tertiary/aromatic N) is 3. The monoisotopic (exact) mass is 622 g/mol. The summed E-state index contributed by atoms with van der Waals surface area (Å²) in [6.45, 7) is 2.38. The number of benzene rings is 3. The van der Waals surface area contributed by atoms with E-state index in [0.29, 0.717) is 73.2 Å². The van der Waals surface area contributed by atoms with Gasteiger partial charge in [-0.2, -0.15) is 26.3 Å². The van der Waals surface area contributed by atoms with Gasteiger partial charge in [0.15, 0.2) is 6.29 Å². The third-order valence-corrected chi connectivity index (χ3v) is 7.06. The Kier molecular flexibility index (Phi) is 8.52. The molecule has 4 aromatic rings. The zero-order chi connectivity index (χ0) is 31.6. The van der Waals surface area contributed by atoms with Gasteiger partial charge in [0.05, 0.1) is 17.0 Å². The van der Waals surface area contributed by atoms with Crippen LogP contribution in [0.1, 0.15) is 16.9 Å². The Morgan fingerprint density at radius 1 is 0.909 bits per heavy atom. The van der Waals surface area contributed by atoms with Gasteiger partial charge < -0.3 is 14.5 Å². The van der Waals surface area contributed by atoms with E-state index in [0.717, 1.165) is 24.3 Å². The number of fused-ring (bicyclic) bond motifs is 1. The highest BCUT2D eigenvalue weighted by Gasteiger charge is 2.38. The lowest BCUT2D eigenvalue weighted by molar-refractivity contribution is -0.388. The average Bonchev–Trinajstić information content (AvgIpc) is 3.38. The van der Waals surface area contributed by atoms with Crippen molar-refractivity contribution in [1.82, 2.24) is 9.80 Å². The van der Waals surface area contributed by atoms with E-state index in [-0.39, 0.29) is 5.69 Å². The molecule has 1 atom stereocenters. The summed E-state index contributed by atoms with van der Waals surface area (Å²) in [5.41, 5.74) is -2.44. The maximum atomic E-state index is 13.3. The van der Waals surface area contributed by atoms with Crippen LogP contribution in [-0.2, 0) is 23.7 Å². The molecular formula is C29H24F6N4O5. The Hall–Kier alpha value is -4.63. The van der Waals surface area contributed by atoms with Gasteiger partial charge in [0.2, 0.25) is 6.23 Å². The molecule has 44 heavy (non-hydrogen) atoms. The van der Waals surface area contributed by atoms with Gasteiger partial charge in [0.1, 0.15) is 22.7 Å². The third kappa shape index (κ3) is 7.11. The number of piperazine rings is 1. The molecular weight excluding hydrogens is 598 g/mol. The van der Waals surface area contributed by atoms with Crippen LogP contribution < -0.4 is 10.1 Å². The molecule has 1 aliphatic rings. The topological polar surface area (TPSA) is 101 Å². The molecule has 9 nitrogen and oxygen atoms in total. The van der Waals surface area contributed by atoms with Crippen LogP contribution in [0.3, 0.4) is 0 Å². The second-order valence-electron chi connectivity index (χ2n) is 10.1. The molecule has 1 aromatic heterocycles. The standard InChI is InChI=1S/C29H24F6N4O5/c30-28(31,32)19-1-8-26-18(13-19)14-23(43-26)16-37-9-11-38(12-10-37)27(17-40)44-22-5-2-20(3-6-22)36-21-4-7-25(39(41)42)24(15-21)29(33,34)35/h1-8,13-15,17,27,36H,9-12,16H2. The zero-order valence-electron chi connectivity index (χ0n) is 22.7. The van der Waals surface area contributed by atoms with Gasteiger partial charge in [-0.1, -0.05) is 0 Å². The number of ether oxygens (including phenoxy) is 1. The summed E-state index contributed by atoms with van der Waals surface area (Å²) in [6.07, 6.45) is -9.62. The number of hydrogen-bond donors (Lipinski definition) is 1. The van der Waals surface area contributed by atoms with Crippen molar-refractivity contribution in [3.8, 4) is 5.75 Å². The molecule has 0 saturated carbocycles. The van der Waals surface area contributed by atoms with Gasteiger partial charge in [0.25, 0.3) is 5.69 Å². The van der Waals surface area contributed by atoms with E-state index >= 15 is 0 Å². The number of halogens is 6. The van der Waals surface area contributed by atoms with Crippen LogP contribution in [0.25, 0.3) is 11.0 Å². The summed E-state index contributed by atoms with van der Waals surface area (Å²) in [5, 5.41) is 14.1. The van der Waals surface area contributed by atoms with Gasteiger partial charge in [0, 0.05) is 49.0 Å². The van der Waals surface area contributed by atoms with Crippen molar-refractivity contribution >= 4 is 34.3 Å². The van der Waals surface area contributed by atoms with Crippen LogP contribution in [0.2, 0.25) is 0 Å². The van der Waals surface area contributed by atoms with E-state index in [1.807, 2.05) is 9.80 Å². The summed E-state index contributed by atoms with van der Waals surface area (Å²) >= 11 is 0. The Bertz CT molecular complexity index is 1650. The van der Waals surface area contributed by atoms with Crippen molar-refractivity contribution in [1.29, 1.82) is 0 Å². The van der Waals surface area contributed by atoms with Gasteiger partial charge >= 0.3 is 12.4 Å². The maximum absolute atomic E-state index is 13.3. The summed E-state index contributed by atoms with van der Waals surface area (Å²) in [4.78, 5) is 25.6. The molecule has 1 aliphatic heterocycles. The molecule has 2 heterocycles. The first-order valence-corrected chi connectivity index (χ1v) is 13.2. The minimum absolute atomic E-state index is 0.00561. The fraction of sp³-hybridized carbons (Fsp3) is 0.276. The average molecular weight is 623 g/mol. The van der Waals surface area contributed by atoms with Gasteiger partial charge in [-0.05, 0) is 60.7 Å². The number of rotatable bonds is 9. The minimum Gasteiger partial charge on any atom is -0.468 e. The summed E-state index contributed by atoms with van der Waals surface area (Å²) in [7, 11) is 0. The first kappa shape index (κ1) is 30.8. The number of alkyl halides is 6. The number of carbonyl (C=O) groups excluding carboxylic acids is 1. The van der Waals surface area contributed by atoms with Crippen molar-refractivity contribution in [3.05, 3.63) is 93.7 Å². The van der Waals surface area contributed by atoms with E-state index in [4.69, 9.17) is 9.15 Å². The highest BCUT2D eigenvalue weighted by molar-refractivity contribution is 5.79. The molecule has 3 aromatic carbocycles. The number of hydrogen-bond acceptors (Lipinski definition) is 8. The summed E-state index contributed by atoms with van der Waals surface area (Å²) in [6, 6.07) is 13.6. The van der Waals surface area contributed by atoms with Crippen molar-refractivity contribution in [2.75, 3.05) is 31.5 Å². The van der Waals surface area contributed by atoms with Gasteiger partial charge in [-0.25, -0.2) is 0 Å². The van der Waals surface area contributed by atoms with Crippen LogP contribution in [-0.4, -0.2) is 53.4 Å². The van der Waals surface area contributed by atoms with Crippen LogP contribution in [0.5, 0.6) is 5.75 Å². The third-order valence-electron chi connectivity index (χ3n) is 7.06. The summed E-state index contributed by atoms with van der Waals surface area (Å²) in [5.74, 6) is 0.850. The van der Waals surface area contributed by atoms with Gasteiger partial charge in [-0.15, -0.1) is 0 Å². The lowest BCUT2D eigenvalue weighted by Crippen LogP contribution is -2.52. The predicted octanol–water partition coefficient (Wildman–Crippen LogP) is 6.84. The molecule has 15 heteroatoms. The molecule has 1 unspecified atom stereocenters. The molecule has 0 bridgehead atoms. The van der Waals surface area contributed by atoms with Crippen molar-refractivity contribution < 1.29 is 45.2 Å². The number of anilines is 2. The number of furan rings is 1. The van der Waals surface area contributed by atoms with Gasteiger partial charge in [-0.3, -0.25) is 24.7 Å².